The first-order valence-corrected chi connectivity index (χ1v) is 3.27. The summed E-state index contributed by atoms with van der Waals surface area (Å²) in [5, 5.41) is 0. The first-order valence-electron chi connectivity index (χ1n) is 2.48. The van der Waals surface area contributed by atoms with Gasteiger partial charge in [-0.25, -0.2) is 0 Å². The standard InChI is InChI=1S/C5H4BrNO3/c1-3(8)10-5-7-4(6)2-9-5/h2H,1H3. The molecule has 0 radical (unpaired) electrons. The van der Waals surface area contributed by atoms with Crippen LogP contribution in [-0.4, -0.2) is 11.0 Å². The minimum atomic E-state index is -0.450. The molecule has 0 amide bonds. The van der Waals surface area contributed by atoms with E-state index in [1.165, 1.54) is 13.2 Å². The third-order valence-corrected chi connectivity index (χ3v) is 1.05. The van der Waals surface area contributed by atoms with Crippen molar-refractivity contribution in [2.75, 3.05) is 0 Å². The van der Waals surface area contributed by atoms with Gasteiger partial charge in [-0.2, -0.15) is 4.98 Å². The van der Waals surface area contributed by atoms with Gasteiger partial charge < -0.3 is 9.15 Å². The molecule has 0 aliphatic heterocycles. The smallest absolute Gasteiger partial charge is 0.402 e. The maximum absolute atomic E-state index is 10.3. The lowest BCUT2D eigenvalue weighted by Crippen LogP contribution is -2.00. The number of nitrogens with zero attached hydrogens (tertiary/aromatic N) is 1. The molecule has 1 heterocycles. The molecule has 0 saturated heterocycles. The summed E-state index contributed by atoms with van der Waals surface area (Å²) in [5.41, 5.74) is 0. The van der Waals surface area contributed by atoms with Gasteiger partial charge in [0.1, 0.15) is 10.9 Å². The van der Waals surface area contributed by atoms with E-state index in [9.17, 15) is 4.79 Å². The highest BCUT2D eigenvalue weighted by Crippen LogP contribution is 2.14. The van der Waals surface area contributed by atoms with Crippen LogP contribution in [0, 0.1) is 0 Å². The van der Waals surface area contributed by atoms with Crippen molar-refractivity contribution in [1.29, 1.82) is 0 Å². The fourth-order valence-corrected chi connectivity index (χ4v) is 0.647. The summed E-state index contributed by atoms with van der Waals surface area (Å²) in [6, 6.07) is 0. The Morgan fingerprint density at radius 1 is 1.90 bits per heavy atom. The van der Waals surface area contributed by atoms with Crippen LogP contribution in [0.3, 0.4) is 0 Å². The Morgan fingerprint density at radius 3 is 3.00 bits per heavy atom. The van der Waals surface area contributed by atoms with Crippen molar-refractivity contribution in [3.05, 3.63) is 10.9 Å². The number of esters is 1. The van der Waals surface area contributed by atoms with Gasteiger partial charge in [0.2, 0.25) is 0 Å². The Bertz CT molecular complexity index is 245. The summed E-state index contributed by atoms with van der Waals surface area (Å²) in [5.74, 6) is -0.450. The van der Waals surface area contributed by atoms with Crippen molar-refractivity contribution in [3.8, 4) is 6.08 Å². The van der Waals surface area contributed by atoms with Gasteiger partial charge in [0.05, 0.1) is 0 Å². The van der Waals surface area contributed by atoms with E-state index in [1.807, 2.05) is 0 Å². The summed E-state index contributed by atoms with van der Waals surface area (Å²) in [4.78, 5) is 13.9. The number of rotatable bonds is 1. The fraction of sp³-hybridized carbons (Fsp3) is 0.200. The lowest BCUT2D eigenvalue weighted by molar-refractivity contribution is -0.133. The monoisotopic (exact) mass is 205 g/mol. The van der Waals surface area contributed by atoms with Crippen LogP contribution in [0.15, 0.2) is 15.3 Å². The number of oxazole rings is 1. The van der Waals surface area contributed by atoms with Gasteiger partial charge in [0.15, 0.2) is 0 Å². The number of hydrogen-bond acceptors (Lipinski definition) is 4. The number of aromatic nitrogens is 1. The number of hydrogen-bond donors (Lipinski definition) is 0. The van der Waals surface area contributed by atoms with Crippen molar-refractivity contribution >= 4 is 21.9 Å². The molecule has 54 valence electrons. The van der Waals surface area contributed by atoms with Crippen LogP contribution in [0.5, 0.6) is 6.08 Å². The van der Waals surface area contributed by atoms with Gasteiger partial charge in [-0.15, -0.1) is 0 Å². The Morgan fingerprint density at radius 2 is 2.60 bits per heavy atom. The molecule has 0 N–H and O–H groups in total. The van der Waals surface area contributed by atoms with E-state index >= 15 is 0 Å². The van der Waals surface area contributed by atoms with E-state index in [1.54, 1.807) is 0 Å². The maximum Gasteiger partial charge on any atom is 0.402 e. The average Bonchev–Trinajstić information content (AvgIpc) is 2.13. The van der Waals surface area contributed by atoms with Gasteiger partial charge in [-0.3, -0.25) is 4.79 Å². The zero-order chi connectivity index (χ0) is 7.56. The third-order valence-electron chi connectivity index (χ3n) is 0.686. The molecule has 0 bridgehead atoms. The summed E-state index contributed by atoms with van der Waals surface area (Å²) in [6.45, 7) is 1.28. The summed E-state index contributed by atoms with van der Waals surface area (Å²) in [7, 11) is 0. The molecule has 1 aromatic rings. The highest BCUT2D eigenvalue weighted by Gasteiger charge is 2.03. The number of carbonyl (C=O) groups excluding carboxylic acids is 1. The van der Waals surface area contributed by atoms with Crippen LogP contribution in [-0.2, 0) is 4.79 Å². The van der Waals surface area contributed by atoms with Crippen molar-refractivity contribution in [3.63, 3.8) is 0 Å². The predicted molar refractivity (Wildman–Crippen MR) is 35.5 cm³/mol. The normalized spacial score (nSPS) is 9.40. The van der Waals surface area contributed by atoms with Crippen molar-refractivity contribution < 1.29 is 13.9 Å². The van der Waals surface area contributed by atoms with Crippen LogP contribution < -0.4 is 4.74 Å². The van der Waals surface area contributed by atoms with E-state index in [2.05, 4.69) is 30.1 Å². The van der Waals surface area contributed by atoms with Gasteiger partial charge in [-0.1, -0.05) is 0 Å². The molecule has 0 fully saturated rings. The molecule has 0 spiro atoms. The molecule has 4 nitrogen and oxygen atoms in total. The van der Waals surface area contributed by atoms with E-state index < -0.39 is 5.97 Å². The van der Waals surface area contributed by atoms with Crippen molar-refractivity contribution in [2.45, 2.75) is 6.92 Å². The Kier molecular flexibility index (Phi) is 2.06. The second kappa shape index (κ2) is 2.83. The van der Waals surface area contributed by atoms with Crippen molar-refractivity contribution in [2.24, 2.45) is 0 Å². The lowest BCUT2D eigenvalue weighted by atomic mass is 10.8. The molecule has 0 aromatic carbocycles. The highest BCUT2D eigenvalue weighted by molar-refractivity contribution is 9.10. The third kappa shape index (κ3) is 1.84. The Hall–Kier alpha value is -0.840. The topological polar surface area (TPSA) is 52.3 Å². The highest BCUT2D eigenvalue weighted by atomic mass is 79.9. The Labute approximate surface area is 65.3 Å². The van der Waals surface area contributed by atoms with Crippen LogP contribution in [0.4, 0.5) is 0 Å². The largest absolute Gasteiger partial charge is 0.416 e. The minimum absolute atomic E-state index is 0.0422. The van der Waals surface area contributed by atoms with Crippen molar-refractivity contribution in [1.82, 2.24) is 4.98 Å². The average molecular weight is 206 g/mol. The molecule has 0 aliphatic carbocycles. The second-order valence-electron chi connectivity index (χ2n) is 1.53. The first kappa shape index (κ1) is 7.27. The zero-order valence-electron chi connectivity index (χ0n) is 5.13. The van der Waals surface area contributed by atoms with E-state index in [0.29, 0.717) is 4.60 Å². The summed E-state index contributed by atoms with van der Waals surface area (Å²) in [6.07, 6.45) is 1.29. The SMILES string of the molecule is CC(=O)Oc1nc(Br)co1. The molecule has 1 aromatic heterocycles. The van der Waals surface area contributed by atoms with Crippen LogP contribution in [0.25, 0.3) is 0 Å². The Balaban J connectivity index is 2.67. The number of ether oxygens (including phenoxy) is 1. The molecule has 0 aliphatic rings. The zero-order valence-corrected chi connectivity index (χ0v) is 6.71. The molecule has 0 saturated carbocycles. The molecule has 5 heteroatoms. The van der Waals surface area contributed by atoms with Gasteiger partial charge in [-0.05, 0) is 15.9 Å². The number of carbonyl (C=O) groups is 1. The molecule has 0 unspecified atom stereocenters. The molecular weight excluding hydrogens is 202 g/mol. The van der Waals surface area contributed by atoms with E-state index in [0.717, 1.165) is 0 Å². The maximum atomic E-state index is 10.3. The fourth-order valence-electron chi connectivity index (χ4n) is 0.409. The van der Waals surface area contributed by atoms with E-state index in [-0.39, 0.29) is 6.08 Å². The second-order valence-corrected chi connectivity index (χ2v) is 2.34. The molecule has 0 atom stereocenters. The van der Waals surface area contributed by atoms with Gasteiger partial charge in [0.25, 0.3) is 0 Å². The van der Waals surface area contributed by atoms with Crippen LogP contribution in [0.2, 0.25) is 0 Å². The van der Waals surface area contributed by atoms with Crippen LogP contribution >= 0.6 is 15.9 Å². The number of halogens is 1. The molecule has 1 rings (SSSR count). The van der Waals surface area contributed by atoms with Crippen LogP contribution in [0.1, 0.15) is 6.92 Å². The van der Waals surface area contributed by atoms with Gasteiger partial charge >= 0.3 is 12.0 Å². The summed E-state index contributed by atoms with van der Waals surface area (Å²) >= 11 is 3.03. The minimum Gasteiger partial charge on any atom is -0.416 e. The van der Waals surface area contributed by atoms with Gasteiger partial charge in [0, 0.05) is 6.92 Å². The lowest BCUT2D eigenvalue weighted by Gasteiger charge is -1.89. The van der Waals surface area contributed by atoms with E-state index in [4.69, 9.17) is 0 Å². The molecule has 10 heavy (non-hydrogen) atoms. The molecular formula is C5H4BrNO3. The predicted octanol–water partition coefficient (Wildman–Crippen LogP) is 1.36. The quantitative estimate of drug-likeness (QED) is 0.651. The summed E-state index contributed by atoms with van der Waals surface area (Å²) < 4.78 is 9.67. The first-order chi connectivity index (χ1) is 4.68.